The quantitative estimate of drug-likeness (QED) is 0.653. The molecule has 0 amide bonds. The van der Waals surface area contributed by atoms with Gasteiger partial charge < -0.3 is 4.74 Å². The van der Waals surface area contributed by atoms with Crippen molar-refractivity contribution in [2.45, 2.75) is 19.8 Å². The van der Waals surface area contributed by atoms with Crippen molar-refractivity contribution in [1.82, 2.24) is 8.61 Å². The Kier molecular flexibility index (Phi) is 6.72. The highest BCUT2D eigenvalue weighted by Crippen LogP contribution is 2.12. The van der Waals surface area contributed by atoms with Crippen LogP contribution in [-0.4, -0.2) is 62.3 Å². The summed E-state index contributed by atoms with van der Waals surface area (Å²) in [5, 5.41) is 0. The SMILES string of the molecule is CCCCN(CCCl)S(=O)(=O)N1CCOCC1. The summed E-state index contributed by atoms with van der Waals surface area (Å²) in [5.74, 6) is 0.327. The maximum atomic E-state index is 12.3. The molecule has 0 aromatic carbocycles. The second-order valence-corrected chi connectivity index (χ2v) is 6.27. The Balaban J connectivity index is 2.67. The first kappa shape index (κ1) is 15.2. The van der Waals surface area contributed by atoms with E-state index in [1.165, 1.54) is 8.61 Å². The molecule has 102 valence electrons. The second-order valence-electron chi connectivity index (χ2n) is 3.96. The van der Waals surface area contributed by atoms with E-state index in [1.54, 1.807) is 0 Å². The monoisotopic (exact) mass is 284 g/mol. The van der Waals surface area contributed by atoms with Crippen LogP contribution in [0.5, 0.6) is 0 Å². The Morgan fingerprint density at radius 3 is 2.47 bits per heavy atom. The van der Waals surface area contributed by atoms with E-state index in [0.717, 1.165) is 12.8 Å². The topological polar surface area (TPSA) is 49.9 Å². The van der Waals surface area contributed by atoms with Crippen LogP contribution < -0.4 is 0 Å². The lowest BCUT2D eigenvalue weighted by atomic mass is 10.3. The molecule has 0 bridgehead atoms. The fraction of sp³-hybridized carbons (Fsp3) is 1.00. The molecule has 0 unspecified atom stereocenters. The van der Waals surface area contributed by atoms with Gasteiger partial charge in [0.25, 0.3) is 10.2 Å². The Labute approximate surface area is 109 Å². The van der Waals surface area contributed by atoms with Gasteiger partial charge in [-0.1, -0.05) is 13.3 Å². The number of halogens is 1. The minimum atomic E-state index is -3.36. The van der Waals surface area contributed by atoms with Crippen LogP contribution in [0.3, 0.4) is 0 Å². The van der Waals surface area contributed by atoms with Gasteiger partial charge in [0, 0.05) is 32.1 Å². The molecule has 1 aliphatic rings. The van der Waals surface area contributed by atoms with Crippen LogP contribution in [0.1, 0.15) is 19.8 Å². The number of ether oxygens (including phenoxy) is 1. The maximum absolute atomic E-state index is 12.3. The van der Waals surface area contributed by atoms with Crippen LogP contribution in [0, 0.1) is 0 Å². The van der Waals surface area contributed by atoms with Crippen LogP contribution in [0.4, 0.5) is 0 Å². The predicted molar refractivity (Wildman–Crippen MR) is 68.5 cm³/mol. The van der Waals surface area contributed by atoms with E-state index >= 15 is 0 Å². The first-order chi connectivity index (χ1) is 8.12. The summed E-state index contributed by atoms with van der Waals surface area (Å²) in [6.07, 6.45) is 1.83. The largest absolute Gasteiger partial charge is 0.379 e. The van der Waals surface area contributed by atoms with Crippen molar-refractivity contribution in [3.8, 4) is 0 Å². The molecule has 5 nitrogen and oxygen atoms in total. The molecule has 7 heteroatoms. The van der Waals surface area contributed by atoms with Crippen molar-refractivity contribution in [3.63, 3.8) is 0 Å². The summed E-state index contributed by atoms with van der Waals surface area (Å²) in [5.41, 5.74) is 0. The van der Waals surface area contributed by atoms with Crippen molar-refractivity contribution in [3.05, 3.63) is 0 Å². The summed E-state index contributed by atoms with van der Waals surface area (Å²) >= 11 is 5.67. The molecule has 0 radical (unpaired) electrons. The molecule has 1 aliphatic heterocycles. The van der Waals surface area contributed by atoms with Crippen molar-refractivity contribution >= 4 is 21.8 Å². The van der Waals surface area contributed by atoms with Gasteiger partial charge >= 0.3 is 0 Å². The number of alkyl halides is 1. The zero-order valence-electron chi connectivity index (χ0n) is 10.3. The maximum Gasteiger partial charge on any atom is 0.282 e. The van der Waals surface area contributed by atoms with E-state index < -0.39 is 10.2 Å². The third-order valence-corrected chi connectivity index (χ3v) is 4.92. The average molecular weight is 285 g/mol. The van der Waals surface area contributed by atoms with Crippen LogP contribution in [0.25, 0.3) is 0 Å². The van der Waals surface area contributed by atoms with Gasteiger partial charge in [0.05, 0.1) is 13.2 Å². The van der Waals surface area contributed by atoms with Gasteiger partial charge in [-0.2, -0.15) is 17.0 Å². The standard InChI is InChI=1S/C10H21ClN2O3S/c1-2-3-5-12(6-4-11)17(14,15)13-7-9-16-10-8-13/h2-10H2,1H3. The fourth-order valence-electron chi connectivity index (χ4n) is 1.71. The minimum absolute atomic E-state index is 0.327. The number of hydrogen-bond donors (Lipinski definition) is 0. The molecule has 0 aromatic rings. The van der Waals surface area contributed by atoms with Gasteiger partial charge in [0.2, 0.25) is 0 Å². The molecular formula is C10H21ClN2O3S. The first-order valence-corrected chi connectivity index (χ1v) is 7.95. The highest BCUT2D eigenvalue weighted by molar-refractivity contribution is 7.86. The molecular weight excluding hydrogens is 264 g/mol. The smallest absolute Gasteiger partial charge is 0.282 e. The molecule has 0 aliphatic carbocycles. The van der Waals surface area contributed by atoms with Crippen LogP contribution in [0.2, 0.25) is 0 Å². The average Bonchev–Trinajstić information content (AvgIpc) is 2.35. The molecule has 1 saturated heterocycles. The summed E-state index contributed by atoms with van der Waals surface area (Å²) in [7, 11) is -3.36. The zero-order chi connectivity index (χ0) is 12.7. The first-order valence-electron chi connectivity index (χ1n) is 6.02. The van der Waals surface area contributed by atoms with Crippen molar-refractivity contribution < 1.29 is 13.2 Å². The zero-order valence-corrected chi connectivity index (χ0v) is 11.8. The molecule has 1 rings (SSSR count). The van der Waals surface area contributed by atoms with E-state index in [-0.39, 0.29) is 0 Å². The Morgan fingerprint density at radius 1 is 1.29 bits per heavy atom. The fourth-order valence-corrected chi connectivity index (χ4v) is 3.64. The number of hydrogen-bond acceptors (Lipinski definition) is 3. The van der Waals surface area contributed by atoms with E-state index in [2.05, 4.69) is 0 Å². The lowest BCUT2D eigenvalue weighted by Gasteiger charge is -2.31. The Morgan fingerprint density at radius 2 is 1.94 bits per heavy atom. The van der Waals surface area contributed by atoms with Gasteiger partial charge in [-0.3, -0.25) is 0 Å². The lowest BCUT2D eigenvalue weighted by Crippen LogP contribution is -2.49. The van der Waals surface area contributed by atoms with E-state index in [4.69, 9.17) is 16.3 Å². The Hall–Kier alpha value is 0.120. The summed E-state index contributed by atoms with van der Waals surface area (Å²) in [6.45, 7) is 4.79. The molecule has 0 N–H and O–H groups in total. The van der Waals surface area contributed by atoms with Gasteiger partial charge in [-0.15, -0.1) is 11.6 Å². The van der Waals surface area contributed by atoms with Gasteiger partial charge in [0.1, 0.15) is 0 Å². The van der Waals surface area contributed by atoms with Crippen LogP contribution >= 0.6 is 11.6 Å². The third-order valence-electron chi connectivity index (χ3n) is 2.72. The Bertz CT molecular complexity index is 305. The minimum Gasteiger partial charge on any atom is -0.379 e. The molecule has 1 fully saturated rings. The summed E-state index contributed by atoms with van der Waals surface area (Å²) in [6, 6.07) is 0. The highest BCUT2D eigenvalue weighted by atomic mass is 35.5. The molecule has 0 saturated carbocycles. The molecule has 0 spiro atoms. The summed E-state index contributed by atoms with van der Waals surface area (Å²) < 4.78 is 32.8. The third kappa shape index (κ3) is 4.37. The van der Waals surface area contributed by atoms with Crippen molar-refractivity contribution in [1.29, 1.82) is 0 Å². The van der Waals surface area contributed by atoms with Gasteiger partial charge in [-0.25, -0.2) is 0 Å². The summed E-state index contributed by atoms with van der Waals surface area (Å²) in [4.78, 5) is 0. The number of unbranched alkanes of at least 4 members (excludes halogenated alkanes) is 1. The van der Waals surface area contributed by atoms with Gasteiger partial charge in [0.15, 0.2) is 0 Å². The molecule has 0 atom stereocenters. The van der Waals surface area contributed by atoms with Crippen LogP contribution in [-0.2, 0) is 14.9 Å². The van der Waals surface area contributed by atoms with E-state index in [1.807, 2.05) is 6.92 Å². The second kappa shape index (κ2) is 7.53. The van der Waals surface area contributed by atoms with Crippen molar-refractivity contribution in [2.75, 3.05) is 45.3 Å². The predicted octanol–water partition coefficient (Wildman–Crippen LogP) is 0.904. The lowest BCUT2D eigenvalue weighted by molar-refractivity contribution is 0.0702. The van der Waals surface area contributed by atoms with Gasteiger partial charge in [-0.05, 0) is 6.42 Å². The molecule has 17 heavy (non-hydrogen) atoms. The number of nitrogens with zero attached hydrogens (tertiary/aromatic N) is 2. The molecule has 1 heterocycles. The molecule has 0 aromatic heterocycles. The van der Waals surface area contributed by atoms with E-state index in [0.29, 0.717) is 45.3 Å². The normalized spacial score (nSPS) is 18.8. The highest BCUT2D eigenvalue weighted by Gasteiger charge is 2.29. The van der Waals surface area contributed by atoms with Crippen LogP contribution in [0.15, 0.2) is 0 Å². The van der Waals surface area contributed by atoms with E-state index in [9.17, 15) is 8.42 Å². The number of rotatable bonds is 7. The van der Waals surface area contributed by atoms with Crippen molar-refractivity contribution in [2.24, 2.45) is 0 Å². The number of morpholine rings is 1.